The first-order valence-corrected chi connectivity index (χ1v) is 11.1. The van der Waals surface area contributed by atoms with E-state index in [0.717, 1.165) is 58.5 Å². The number of amides is 1. The van der Waals surface area contributed by atoms with Gasteiger partial charge in [-0.2, -0.15) is 0 Å². The number of allylic oxidation sites excluding steroid dienone is 4. The topological polar surface area (TPSA) is 58.1 Å². The molecule has 0 radical (unpaired) electrons. The first-order valence-electron chi connectivity index (χ1n) is 9.41. The molecular weight excluding hydrogens is 376 g/mol. The minimum Gasteiger partial charge on any atom is -0.334 e. The molecule has 1 N–H and O–H groups in total. The third-order valence-electron chi connectivity index (χ3n) is 4.59. The largest absolute Gasteiger partial charge is 0.334 e. The van der Waals surface area contributed by atoms with E-state index in [4.69, 9.17) is 0 Å². The van der Waals surface area contributed by atoms with Gasteiger partial charge in [0.1, 0.15) is 10.0 Å². The fourth-order valence-corrected chi connectivity index (χ4v) is 5.03. The third kappa shape index (κ3) is 4.54. The SMILES string of the molecule is C/C=C\C(=C/C)c1nnc(-c2csc(C(=O)N(CCC)C3CCNC3)c2)s1. The number of nitrogens with one attached hydrogen (secondary N) is 1. The molecule has 3 heterocycles. The van der Waals surface area contributed by atoms with E-state index in [9.17, 15) is 4.79 Å². The Hall–Kier alpha value is -1.83. The first-order chi connectivity index (χ1) is 13.2. The fraction of sp³-hybridized carbons (Fsp3) is 0.450. The second-order valence-electron chi connectivity index (χ2n) is 6.50. The van der Waals surface area contributed by atoms with E-state index in [2.05, 4.69) is 22.4 Å². The molecule has 1 aliphatic rings. The quantitative estimate of drug-likeness (QED) is 0.695. The van der Waals surface area contributed by atoms with Gasteiger partial charge in [0.15, 0.2) is 0 Å². The third-order valence-corrected chi connectivity index (χ3v) is 6.53. The lowest BCUT2D eigenvalue weighted by atomic mass is 10.2. The van der Waals surface area contributed by atoms with Crippen LogP contribution in [-0.2, 0) is 0 Å². The number of rotatable bonds is 7. The van der Waals surface area contributed by atoms with Gasteiger partial charge in [-0.15, -0.1) is 21.5 Å². The Kier molecular flexibility index (Phi) is 6.93. The molecule has 3 rings (SSSR count). The molecular formula is C20H26N4OS2. The second-order valence-corrected chi connectivity index (χ2v) is 8.39. The van der Waals surface area contributed by atoms with Crippen molar-refractivity contribution in [2.75, 3.05) is 19.6 Å². The fourth-order valence-electron chi connectivity index (χ4n) is 3.23. The van der Waals surface area contributed by atoms with Crippen LogP contribution in [0.5, 0.6) is 0 Å². The Labute approximate surface area is 168 Å². The average Bonchev–Trinajstić information content (AvgIpc) is 3.43. The zero-order valence-corrected chi connectivity index (χ0v) is 17.7. The van der Waals surface area contributed by atoms with Gasteiger partial charge < -0.3 is 10.2 Å². The molecule has 1 fully saturated rings. The van der Waals surface area contributed by atoms with E-state index in [1.54, 1.807) is 11.3 Å². The van der Waals surface area contributed by atoms with Crippen LogP contribution in [0.2, 0.25) is 0 Å². The minimum absolute atomic E-state index is 0.134. The Morgan fingerprint density at radius 3 is 2.93 bits per heavy atom. The van der Waals surface area contributed by atoms with Crippen molar-refractivity contribution in [2.24, 2.45) is 0 Å². The van der Waals surface area contributed by atoms with Gasteiger partial charge in [-0.3, -0.25) is 4.79 Å². The van der Waals surface area contributed by atoms with Gasteiger partial charge in [0.05, 0.1) is 4.88 Å². The zero-order chi connectivity index (χ0) is 19.2. The van der Waals surface area contributed by atoms with Gasteiger partial charge in [0.25, 0.3) is 5.91 Å². The van der Waals surface area contributed by atoms with E-state index >= 15 is 0 Å². The second kappa shape index (κ2) is 9.39. The molecule has 0 spiro atoms. The summed E-state index contributed by atoms with van der Waals surface area (Å²) in [5, 5.41) is 15.8. The van der Waals surface area contributed by atoms with E-state index in [1.807, 2.05) is 48.4 Å². The van der Waals surface area contributed by atoms with Crippen LogP contribution in [0.4, 0.5) is 0 Å². The summed E-state index contributed by atoms with van der Waals surface area (Å²) >= 11 is 3.06. The summed E-state index contributed by atoms with van der Waals surface area (Å²) in [6, 6.07) is 2.27. The van der Waals surface area contributed by atoms with Crippen LogP contribution in [0, 0.1) is 0 Å². The molecule has 27 heavy (non-hydrogen) atoms. The number of carbonyl (C=O) groups excluding carboxylic acids is 1. The van der Waals surface area contributed by atoms with Crippen molar-refractivity contribution >= 4 is 34.2 Å². The molecule has 1 saturated heterocycles. The summed E-state index contributed by atoms with van der Waals surface area (Å²) in [4.78, 5) is 15.9. The normalized spacial score (nSPS) is 17.7. The van der Waals surface area contributed by atoms with Gasteiger partial charge in [-0.1, -0.05) is 36.5 Å². The van der Waals surface area contributed by atoms with Crippen LogP contribution in [0.3, 0.4) is 0 Å². The van der Waals surface area contributed by atoms with Crippen LogP contribution in [0.25, 0.3) is 16.1 Å². The van der Waals surface area contributed by atoms with Crippen LogP contribution in [-0.4, -0.2) is 46.7 Å². The molecule has 2 aromatic heterocycles. The van der Waals surface area contributed by atoms with Crippen molar-refractivity contribution < 1.29 is 4.79 Å². The standard InChI is InChI=1S/C20H26N4OS2/c1-4-7-14(6-3)18-22-23-19(27-18)15-11-17(26-13-15)20(25)24(10-5-2)16-8-9-21-12-16/h4,6-7,11,13,16,21H,5,8-10,12H2,1-3H3/b7-4-,14-6+. The summed E-state index contributed by atoms with van der Waals surface area (Å²) in [5.74, 6) is 0.134. The molecule has 7 heteroatoms. The highest BCUT2D eigenvalue weighted by molar-refractivity contribution is 7.16. The molecule has 0 saturated carbocycles. The first kappa shape index (κ1) is 19.9. The van der Waals surface area contributed by atoms with Crippen LogP contribution in [0.1, 0.15) is 48.3 Å². The molecule has 1 unspecified atom stereocenters. The highest BCUT2D eigenvalue weighted by atomic mass is 32.1. The maximum absolute atomic E-state index is 13.1. The zero-order valence-electron chi connectivity index (χ0n) is 16.1. The lowest BCUT2D eigenvalue weighted by Crippen LogP contribution is -2.41. The van der Waals surface area contributed by atoms with Gasteiger partial charge in [0, 0.05) is 35.6 Å². The van der Waals surface area contributed by atoms with Crippen molar-refractivity contribution in [3.8, 4) is 10.6 Å². The highest BCUT2D eigenvalue weighted by Gasteiger charge is 2.27. The van der Waals surface area contributed by atoms with Crippen LogP contribution < -0.4 is 5.32 Å². The maximum Gasteiger partial charge on any atom is 0.264 e. The monoisotopic (exact) mass is 402 g/mol. The predicted molar refractivity (Wildman–Crippen MR) is 114 cm³/mol. The van der Waals surface area contributed by atoms with Crippen molar-refractivity contribution in [1.82, 2.24) is 20.4 Å². The van der Waals surface area contributed by atoms with Crippen molar-refractivity contribution in [1.29, 1.82) is 0 Å². The van der Waals surface area contributed by atoms with Gasteiger partial charge in [0.2, 0.25) is 0 Å². The number of hydrogen-bond donors (Lipinski definition) is 1. The van der Waals surface area contributed by atoms with Crippen LogP contribution >= 0.6 is 22.7 Å². The van der Waals surface area contributed by atoms with Crippen molar-refractivity contribution in [3.05, 3.63) is 39.6 Å². The Morgan fingerprint density at radius 1 is 1.41 bits per heavy atom. The van der Waals surface area contributed by atoms with E-state index < -0.39 is 0 Å². The Morgan fingerprint density at radius 2 is 2.26 bits per heavy atom. The highest BCUT2D eigenvalue weighted by Crippen LogP contribution is 2.32. The predicted octanol–water partition coefficient (Wildman–Crippen LogP) is 4.46. The van der Waals surface area contributed by atoms with Gasteiger partial charge >= 0.3 is 0 Å². The molecule has 0 aromatic carbocycles. The summed E-state index contributed by atoms with van der Waals surface area (Å²) in [6.45, 7) is 8.79. The van der Waals surface area contributed by atoms with E-state index in [0.29, 0.717) is 6.04 Å². The van der Waals surface area contributed by atoms with E-state index in [-0.39, 0.29) is 5.91 Å². The number of carbonyl (C=O) groups is 1. The lowest BCUT2D eigenvalue weighted by Gasteiger charge is -2.27. The average molecular weight is 403 g/mol. The number of aromatic nitrogens is 2. The molecule has 0 bridgehead atoms. The van der Waals surface area contributed by atoms with Crippen molar-refractivity contribution in [2.45, 2.75) is 39.7 Å². The minimum atomic E-state index is 0.134. The molecule has 0 aliphatic carbocycles. The molecule has 2 aromatic rings. The summed E-state index contributed by atoms with van der Waals surface area (Å²) in [7, 11) is 0. The number of nitrogens with zero attached hydrogens (tertiary/aromatic N) is 3. The molecule has 1 aliphatic heterocycles. The van der Waals surface area contributed by atoms with Crippen molar-refractivity contribution in [3.63, 3.8) is 0 Å². The molecule has 1 atom stereocenters. The Bertz CT molecular complexity index is 831. The molecule has 5 nitrogen and oxygen atoms in total. The van der Waals surface area contributed by atoms with Gasteiger partial charge in [-0.05, 0) is 39.3 Å². The van der Waals surface area contributed by atoms with Gasteiger partial charge in [-0.25, -0.2) is 0 Å². The molecule has 1 amide bonds. The Balaban J connectivity index is 1.79. The maximum atomic E-state index is 13.1. The number of hydrogen-bond acceptors (Lipinski definition) is 6. The number of thiophene rings is 1. The molecule has 144 valence electrons. The summed E-state index contributed by atoms with van der Waals surface area (Å²) < 4.78 is 0. The van der Waals surface area contributed by atoms with Crippen LogP contribution in [0.15, 0.2) is 29.7 Å². The van der Waals surface area contributed by atoms with E-state index in [1.165, 1.54) is 11.3 Å². The summed E-state index contributed by atoms with van der Waals surface area (Å²) in [6.07, 6.45) is 8.06. The smallest absolute Gasteiger partial charge is 0.264 e. The summed E-state index contributed by atoms with van der Waals surface area (Å²) in [5.41, 5.74) is 2.04. The lowest BCUT2D eigenvalue weighted by molar-refractivity contribution is 0.0697.